The number of benzene rings is 2. The molecule has 5 heteroatoms. The van der Waals surface area contributed by atoms with Gasteiger partial charge in [-0.15, -0.1) is 0 Å². The molecule has 2 heterocycles. The standard InChI is InChI=1S/C19H21N4O/c1-23(13-11-21(12-14-23)22-10-9-20-15-22)19(24)18-8-4-6-16-5-2-3-7-17(16)18/h2-10,15H,11-14H2,1H3/q+1. The Balaban J connectivity index is 1.60. The molecule has 4 rings (SSSR count). The zero-order valence-electron chi connectivity index (χ0n) is 13.8. The van der Waals surface area contributed by atoms with Gasteiger partial charge in [0.1, 0.15) is 19.4 Å². The quantitative estimate of drug-likeness (QED) is 0.680. The lowest BCUT2D eigenvalue weighted by molar-refractivity contribution is -0.829. The molecule has 1 amide bonds. The monoisotopic (exact) mass is 321 g/mol. The number of imidazole rings is 1. The Morgan fingerprint density at radius 3 is 2.58 bits per heavy atom. The summed E-state index contributed by atoms with van der Waals surface area (Å²) in [4.78, 5) is 17.4. The normalized spacial score (nSPS) is 17.1. The van der Waals surface area contributed by atoms with E-state index in [1.807, 2.05) is 47.5 Å². The minimum absolute atomic E-state index is 0.206. The van der Waals surface area contributed by atoms with Crippen LogP contribution in [0.2, 0.25) is 0 Å². The van der Waals surface area contributed by atoms with Crippen molar-refractivity contribution in [2.45, 2.75) is 0 Å². The van der Waals surface area contributed by atoms with Crippen LogP contribution in [0.4, 0.5) is 0 Å². The van der Waals surface area contributed by atoms with Crippen LogP contribution in [0, 0.1) is 0 Å². The van der Waals surface area contributed by atoms with Gasteiger partial charge in [0.2, 0.25) is 0 Å². The number of hydrogen-bond acceptors (Lipinski definition) is 3. The van der Waals surface area contributed by atoms with E-state index >= 15 is 0 Å². The van der Waals surface area contributed by atoms with E-state index in [-0.39, 0.29) is 5.91 Å². The van der Waals surface area contributed by atoms with Gasteiger partial charge < -0.3 is 5.01 Å². The number of nitrogens with zero attached hydrogens (tertiary/aromatic N) is 4. The Morgan fingerprint density at radius 1 is 1.08 bits per heavy atom. The maximum absolute atomic E-state index is 13.3. The van der Waals surface area contributed by atoms with Gasteiger partial charge in [0.15, 0.2) is 0 Å². The molecule has 1 fully saturated rings. The minimum atomic E-state index is 0.206. The highest BCUT2D eigenvalue weighted by atomic mass is 16.2. The number of quaternary nitrogens is 1. The molecule has 0 N–H and O–H groups in total. The number of amides is 1. The van der Waals surface area contributed by atoms with Crippen LogP contribution >= 0.6 is 0 Å². The fraction of sp³-hybridized carbons (Fsp3) is 0.263. The fourth-order valence-electron chi connectivity index (χ4n) is 3.45. The summed E-state index contributed by atoms with van der Waals surface area (Å²) >= 11 is 0. The summed E-state index contributed by atoms with van der Waals surface area (Å²) in [5.41, 5.74) is 0.826. The second kappa shape index (κ2) is 5.76. The van der Waals surface area contributed by atoms with Crippen LogP contribution in [0.1, 0.15) is 10.4 Å². The summed E-state index contributed by atoms with van der Waals surface area (Å²) < 4.78 is 2.45. The van der Waals surface area contributed by atoms with E-state index in [9.17, 15) is 4.79 Å². The average Bonchev–Trinajstić information content (AvgIpc) is 3.16. The van der Waals surface area contributed by atoms with E-state index in [0.717, 1.165) is 42.5 Å². The largest absolute Gasteiger partial charge is 0.346 e. The summed E-state index contributed by atoms with van der Waals surface area (Å²) in [5, 5.41) is 4.39. The van der Waals surface area contributed by atoms with Gasteiger partial charge in [0.25, 0.3) is 0 Å². The molecule has 1 aliphatic rings. The number of piperazine rings is 1. The van der Waals surface area contributed by atoms with Gasteiger partial charge in [-0.2, -0.15) is 0 Å². The Labute approximate surface area is 141 Å². The second-order valence-corrected chi connectivity index (χ2v) is 6.57. The first-order valence-electron chi connectivity index (χ1n) is 8.28. The Kier molecular flexibility index (Phi) is 3.58. The van der Waals surface area contributed by atoms with Gasteiger partial charge in [-0.25, -0.2) is 9.78 Å². The van der Waals surface area contributed by atoms with Crippen LogP contribution in [-0.2, 0) is 0 Å². The summed E-state index contributed by atoms with van der Waals surface area (Å²) in [6, 6.07) is 14.1. The molecule has 0 aliphatic carbocycles. The predicted octanol–water partition coefficient (Wildman–Crippen LogP) is 2.27. The van der Waals surface area contributed by atoms with Gasteiger partial charge in [0, 0.05) is 12.4 Å². The molecule has 0 atom stereocenters. The van der Waals surface area contributed by atoms with E-state index in [0.29, 0.717) is 4.48 Å². The predicted molar refractivity (Wildman–Crippen MR) is 94.4 cm³/mol. The Morgan fingerprint density at radius 2 is 1.83 bits per heavy atom. The molecule has 0 spiro atoms. The minimum Gasteiger partial charge on any atom is -0.301 e. The highest BCUT2D eigenvalue weighted by molar-refractivity contribution is 6.04. The molecule has 24 heavy (non-hydrogen) atoms. The van der Waals surface area contributed by atoms with E-state index in [1.54, 1.807) is 6.20 Å². The smallest absolute Gasteiger partial charge is 0.301 e. The van der Waals surface area contributed by atoms with E-state index in [2.05, 4.69) is 29.2 Å². The number of carbonyl (C=O) groups is 1. The third-order valence-corrected chi connectivity index (χ3v) is 5.03. The number of rotatable bonds is 2. The van der Waals surface area contributed by atoms with Crippen LogP contribution in [0.15, 0.2) is 61.2 Å². The first kappa shape index (κ1) is 14.9. The number of aromatic nitrogens is 2. The lowest BCUT2D eigenvalue weighted by Crippen LogP contribution is -2.62. The van der Waals surface area contributed by atoms with Crippen molar-refractivity contribution in [1.29, 1.82) is 0 Å². The average molecular weight is 321 g/mol. The molecule has 0 bridgehead atoms. The van der Waals surface area contributed by atoms with Crippen molar-refractivity contribution < 1.29 is 9.28 Å². The van der Waals surface area contributed by atoms with Gasteiger partial charge in [-0.3, -0.25) is 9.16 Å². The van der Waals surface area contributed by atoms with Gasteiger partial charge in [0.05, 0.1) is 25.7 Å². The topological polar surface area (TPSA) is 38.1 Å². The van der Waals surface area contributed by atoms with Crippen molar-refractivity contribution in [3.05, 3.63) is 66.7 Å². The van der Waals surface area contributed by atoms with E-state index < -0.39 is 0 Å². The van der Waals surface area contributed by atoms with Crippen molar-refractivity contribution >= 4 is 16.7 Å². The number of carbonyl (C=O) groups excluding carboxylic acids is 1. The SMILES string of the molecule is C[N+]1(C(=O)c2cccc3ccccc23)CCN(n2ccnc2)CC1. The van der Waals surface area contributed by atoms with Crippen molar-refractivity contribution in [2.75, 3.05) is 38.2 Å². The molecule has 3 aromatic rings. The zero-order valence-corrected chi connectivity index (χ0v) is 13.8. The number of hydrogen-bond donors (Lipinski definition) is 0. The third kappa shape index (κ3) is 2.47. The van der Waals surface area contributed by atoms with Crippen LogP contribution in [0.25, 0.3) is 10.8 Å². The molecule has 1 aliphatic heterocycles. The summed E-state index contributed by atoms with van der Waals surface area (Å²) in [6.07, 6.45) is 5.54. The molecule has 0 unspecified atom stereocenters. The van der Waals surface area contributed by atoms with Crippen LogP contribution in [-0.4, -0.2) is 53.3 Å². The molecule has 1 saturated heterocycles. The van der Waals surface area contributed by atoms with Gasteiger partial charge in [-0.1, -0.05) is 36.4 Å². The Bertz CT molecular complexity index is 859. The van der Waals surface area contributed by atoms with Crippen molar-refractivity contribution in [3.8, 4) is 0 Å². The van der Waals surface area contributed by atoms with Crippen LogP contribution in [0.5, 0.6) is 0 Å². The fourth-order valence-corrected chi connectivity index (χ4v) is 3.45. The lowest BCUT2D eigenvalue weighted by Gasteiger charge is -2.40. The van der Waals surface area contributed by atoms with Crippen LogP contribution in [0.3, 0.4) is 0 Å². The molecular weight excluding hydrogens is 300 g/mol. The number of fused-ring (bicyclic) bond motifs is 1. The molecule has 122 valence electrons. The first-order valence-corrected chi connectivity index (χ1v) is 8.28. The summed E-state index contributed by atoms with van der Waals surface area (Å²) in [6.45, 7) is 3.26. The molecule has 1 aromatic heterocycles. The maximum atomic E-state index is 13.3. The second-order valence-electron chi connectivity index (χ2n) is 6.57. The van der Waals surface area contributed by atoms with Gasteiger partial charge >= 0.3 is 5.91 Å². The third-order valence-electron chi connectivity index (χ3n) is 5.03. The van der Waals surface area contributed by atoms with Crippen LogP contribution < -0.4 is 5.01 Å². The highest BCUT2D eigenvalue weighted by Crippen LogP contribution is 2.23. The van der Waals surface area contributed by atoms with Crippen molar-refractivity contribution in [3.63, 3.8) is 0 Å². The molecule has 0 saturated carbocycles. The van der Waals surface area contributed by atoms with E-state index in [4.69, 9.17) is 0 Å². The number of likely N-dealkylation sites (N-methyl/N-ethyl adjacent to an activating group) is 1. The zero-order chi connectivity index (χ0) is 16.6. The summed E-state index contributed by atoms with van der Waals surface area (Å²) in [5.74, 6) is 0.206. The van der Waals surface area contributed by atoms with E-state index in [1.165, 1.54) is 0 Å². The highest BCUT2D eigenvalue weighted by Gasteiger charge is 2.37. The lowest BCUT2D eigenvalue weighted by atomic mass is 10.0. The maximum Gasteiger partial charge on any atom is 0.346 e. The molecule has 0 radical (unpaired) electrons. The Hall–Kier alpha value is -2.66. The van der Waals surface area contributed by atoms with Gasteiger partial charge in [-0.05, 0) is 16.8 Å². The first-order chi connectivity index (χ1) is 11.7. The molecule has 5 nitrogen and oxygen atoms in total. The van der Waals surface area contributed by atoms with Crippen molar-refractivity contribution in [2.24, 2.45) is 0 Å². The van der Waals surface area contributed by atoms with Crippen molar-refractivity contribution in [1.82, 2.24) is 9.66 Å². The molecular formula is C19H21N4O+. The molecule has 2 aromatic carbocycles. The summed E-state index contributed by atoms with van der Waals surface area (Å²) in [7, 11) is 2.05.